The van der Waals surface area contributed by atoms with Crippen molar-refractivity contribution in [3.63, 3.8) is 0 Å². The summed E-state index contributed by atoms with van der Waals surface area (Å²) in [6.07, 6.45) is 3.86. The fourth-order valence-corrected chi connectivity index (χ4v) is 4.91. The zero-order valence-electron chi connectivity index (χ0n) is 21.4. The van der Waals surface area contributed by atoms with E-state index in [0.717, 1.165) is 55.1 Å². The minimum atomic E-state index is -0.103. The number of aryl methyl sites for hydroxylation is 1. The number of pyridine rings is 1. The smallest absolute Gasteiger partial charge is 0.252 e. The third-order valence-corrected chi connectivity index (χ3v) is 7.21. The van der Waals surface area contributed by atoms with Gasteiger partial charge in [0, 0.05) is 75.2 Å². The maximum absolute atomic E-state index is 12.7. The topological polar surface area (TPSA) is 95.8 Å². The number of amides is 1. The first-order valence-electron chi connectivity index (χ1n) is 12.6. The Balaban J connectivity index is 1.32. The summed E-state index contributed by atoms with van der Waals surface area (Å²) in [6.45, 7) is 9.39. The minimum Gasteiger partial charge on any atom is -0.495 e. The molecule has 1 amide bonds. The number of hydrogen-bond donors (Lipinski definition) is 1. The molecule has 2 saturated heterocycles. The van der Waals surface area contributed by atoms with Crippen molar-refractivity contribution < 1.29 is 9.53 Å². The Morgan fingerprint density at radius 1 is 1.19 bits per heavy atom. The molecule has 10 heteroatoms. The van der Waals surface area contributed by atoms with Gasteiger partial charge in [0.2, 0.25) is 11.9 Å². The van der Waals surface area contributed by atoms with Gasteiger partial charge in [-0.05, 0) is 43.7 Å². The molecule has 0 bridgehead atoms. The molecule has 37 heavy (non-hydrogen) atoms. The lowest BCUT2D eigenvalue weighted by Crippen LogP contribution is -2.49. The van der Waals surface area contributed by atoms with Crippen LogP contribution in [0.25, 0.3) is 11.0 Å². The molecule has 0 aliphatic carbocycles. The van der Waals surface area contributed by atoms with E-state index in [1.54, 1.807) is 34.9 Å². The van der Waals surface area contributed by atoms with E-state index in [2.05, 4.69) is 39.8 Å². The molecule has 0 saturated carbocycles. The van der Waals surface area contributed by atoms with E-state index in [-0.39, 0.29) is 11.5 Å². The van der Waals surface area contributed by atoms with Gasteiger partial charge in [0.25, 0.3) is 5.56 Å². The van der Waals surface area contributed by atoms with Crippen molar-refractivity contribution in [2.75, 3.05) is 63.6 Å². The number of likely N-dealkylation sites (N-methyl/N-ethyl adjacent to an activating group) is 1. The molecule has 2 fully saturated rings. The first kappa shape index (κ1) is 24.8. The van der Waals surface area contributed by atoms with Gasteiger partial charge in [-0.25, -0.2) is 4.98 Å². The van der Waals surface area contributed by atoms with Gasteiger partial charge in [0.15, 0.2) is 0 Å². The van der Waals surface area contributed by atoms with Gasteiger partial charge in [-0.2, -0.15) is 4.98 Å². The van der Waals surface area contributed by atoms with Crippen molar-refractivity contribution in [2.24, 2.45) is 5.92 Å². The van der Waals surface area contributed by atoms with Crippen molar-refractivity contribution in [2.45, 2.75) is 13.0 Å². The molecule has 3 aromatic rings. The number of nitrogens with one attached hydrogen (secondary N) is 1. The van der Waals surface area contributed by atoms with Crippen molar-refractivity contribution in [3.05, 3.63) is 59.5 Å². The van der Waals surface area contributed by atoms with Gasteiger partial charge in [0.05, 0.1) is 12.8 Å². The third-order valence-electron chi connectivity index (χ3n) is 7.21. The van der Waals surface area contributed by atoms with E-state index in [9.17, 15) is 9.59 Å². The highest BCUT2D eigenvalue weighted by molar-refractivity contribution is 5.87. The molecule has 10 nitrogen and oxygen atoms in total. The number of rotatable bonds is 8. The number of carbonyl (C=O) groups excluding carboxylic acids is 1. The maximum Gasteiger partial charge on any atom is 0.252 e. The van der Waals surface area contributed by atoms with Crippen LogP contribution in [-0.2, 0) is 11.3 Å². The van der Waals surface area contributed by atoms with E-state index >= 15 is 0 Å². The number of nitrogens with zero attached hydrogens (tertiary/aromatic N) is 6. The predicted molar refractivity (Wildman–Crippen MR) is 145 cm³/mol. The van der Waals surface area contributed by atoms with Crippen molar-refractivity contribution in [3.8, 4) is 5.75 Å². The van der Waals surface area contributed by atoms with Crippen LogP contribution < -0.4 is 20.5 Å². The number of piperazine rings is 1. The summed E-state index contributed by atoms with van der Waals surface area (Å²) in [5.74, 6) is 1.51. The maximum atomic E-state index is 12.7. The second-order valence-electron chi connectivity index (χ2n) is 9.70. The van der Waals surface area contributed by atoms with Gasteiger partial charge in [0.1, 0.15) is 11.4 Å². The van der Waals surface area contributed by atoms with Gasteiger partial charge in [-0.1, -0.05) is 6.58 Å². The summed E-state index contributed by atoms with van der Waals surface area (Å²) < 4.78 is 7.39. The van der Waals surface area contributed by atoms with Crippen LogP contribution in [0.4, 0.5) is 17.3 Å². The van der Waals surface area contributed by atoms with E-state index in [1.807, 2.05) is 12.1 Å². The Morgan fingerprint density at radius 3 is 2.70 bits per heavy atom. The van der Waals surface area contributed by atoms with Crippen LogP contribution in [0.15, 0.2) is 54.0 Å². The second kappa shape index (κ2) is 10.6. The number of hydrogen-bond acceptors (Lipinski definition) is 8. The van der Waals surface area contributed by atoms with E-state index < -0.39 is 0 Å². The van der Waals surface area contributed by atoms with E-state index in [4.69, 9.17) is 9.72 Å². The Bertz CT molecular complexity index is 1360. The van der Waals surface area contributed by atoms with Crippen molar-refractivity contribution in [1.82, 2.24) is 24.3 Å². The quantitative estimate of drug-likeness (QED) is 0.468. The number of benzene rings is 1. The molecule has 0 spiro atoms. The fraction of sp³-hybridized carbons (Fsp3) is 0.407. The molecule has 2 aliphatic heterocycles. The normalized spacial score (nSPS) is 16.5. The van der Waals surface area contributed by atoms with Crippen molar-refractivity contribution >= 4 is 34.3 Å². The molecule has 4 heterocycles. The zero-order chi connectivity index (χ0) is 25.9. The second-order valence-corrected chi connectivity index (χ2v) is 9.70. The lowest BCUT2D eigenvalue weighted by molar-refractivity contribution is -0.132. The number of ether oxygens (including phenoxy) is 1. The molecule has 0 unspecified atom stereocenters. The zero-order valence-corrected chi connectivity index (χ0v) is 21.4. The fourth-order valence-electron chi connectivity index (χ4n) is 4.91. The Morgan fingerprint density at radius 2 is 1.97 bits per heavy atom. The van der Waals surface area contributed by atoms with Crippen molar-refractivity contribution in [1.29, 1.82) is 0 Å². The highest BCUT2D eigenvalue weighted by Gasteiger charge is 2.29. The third kappa shape index (κ3) is 5.29. The first-order valence-corrected chi connectivity index (χ1v) is 12.6. The molecule has 194 valence electrons. The summed E-state index contributed by atoms with van der Waals surface area (Å²) in [4.78, 5) is 40.0. The van der Waals surface area contributed by atoms with Crippen LogP contribution >= 0.6 is 0 Å². The Hall–Kier alpha value is -3.92. The van der Waals surface area contributed by atoms with Crippen LogP contribution in [0, 0.1) is 5.92 Å². The molecule has 1 N–H and O–H groups in total. The number of aromatic nitrogens is 3. The number of carbonyl (C=O) groups is 1. The van der Waals surface area contributed by atoms with Crippen LogP contribution in [0.3, 0.4) is 0 Å². The molecule has 0 atom stereocenters. The number of anilines is 3. The summed E-state index contributed by atoms with van der Waals surface area (Å²) in [5, 5.41) is 4.07. The molecule has 0 radical (unpaired) electrons. The summed E-state index contributed by atoms with van der Waals surface area (Å²) in [5.41, 5.74) is 2.36. The number of fused-ring (bicyclic) bond motifs is 1. The van der Waals surface area contributed by atoms with Gasteiger partial charge in [-0.15, -0.1) is 0 Å². The van der Waals surface area contributed by atoms with Crippen LogP contribution in [0.5, 0.6) is 5.75 Å². The molecule has 1 aromatic carbocycles. The standard InChI is InChI=1S/C27H33N7O3/c1-4-24(35)33-17-19(18-33)9-10-34-25(36)8-5-20-16-28-27(30-26(20)34)29-21-6-7-22(23(15-21)37-3)32-13-11-31(2)12-14-32/h4-8,15-16,19H,1,9-14,17-18H2,2-3H3,(H,28,29,30). The monoisotopic (exact) mass is 503 g/mol. The summed E-state index contributed by atoms with van der Waals surface area (Å²) >= 11 is 0. The average molecular weight is 504 g/mol. The molecule has 2 aliphatic rings. The Kier molecular flexibility index (Phi) is 7.09. The van der Waals surface area contributed by atoms with Crippen LogP contribution in [0.1, 0.15) is 6.42 Å². The predicted octanol–water partition coefficient (Wildman–Crippen LogP) is 2.33. The molecule has 2 aromatic heterocycles. The SMILES string of the molecule is C=CC(=O)N1CC(CCn2c(=O)ccc3cnc(Nc4ccc(N5CCN(C)CC5)c(OC)c4)nc32)C1. The first-order chi connectivity index (χ1) is 17.9. The largest absolute Gasteiger partial charge is 0.495 e. The summed E-state index contributed by atoms with van der Waals surface area (Å²) in [7, 11) is 3.82. The highest BCUT2D eigenvalue weighted by Crippen LogP contribution is 2.32. The number of methoxy groups -OCH3 is 1. The molecule has 5 rings (SSSR count). The minimum absolute atomic E-state index is 0.0461. The van der Waals surface area contributed by atoms with Gasteiger partial charge < -0.3 is 24.8 Å². The van der Waals surface area contributed by atoms with Crippen LogP contribution in [0.2, 0.25) is 0 Å². The van der Waals surface area contributed by atoms with E-state index in [1.165, 1.54) is 6.08 Å². The highest BCUT2D eigenvalue weighted by atomic mass is 16.5. The molecular formula is C27H33N7O3. The lowest BCUT2D eigenvalue weighted by Gasteiger charge is -2.38. The Labute approximate surface area is 216 Å². The number of likely N-dealkylation sites (tertiary alicyclic amines) is 1. The lowest BCUT2D eigenvalue weighted by atomic mass is 9.96. The summed E-state index contributed by atoms with van der Waals surface area (Å²) in [6, 6.07) is 9.30. The van der Waals surface area contributed by atoms with Gasteiger partial charge >= 0.3 is 0 Å². The van der Waals surface area contributed by atoms with Crippen LogP contribution in [-0.4, -0.2) is 83.7 Å². The average Bonchev–Trinajstić information content (AvgIpc) is 2.89. The van der Waals surface area contributed by atoms with E-state index in [0.29, 0.717) is 37.1 Å². The molecular weight excluding hydrogens is 470 g/mol. The van der Waals surface area contributed by atoms with Gasteiger partial charge in [-0.3, -0.25) is 14.2 Å².